The van der Waals surface area contributed by atoms with Crippen LogP contribution in [0.25, 0.3) is 0 Å². The van der Waals surface area contributed by atoms with E-state index in [0.717, 1.165) is 21.6 Å². The van der Waals surface area contributed by atoms with E-state index in [0.29, 0.717) is 0 Å². The van der Waals surface area contributed by atoms with Gasteiger partial charge in [0.1, 0.15) is 0 Å². The van der Waals surface area contributed by atoms with Gasteiger partial charge in [-0.15, -0.1) is 0 Å². The second-order valence-corrected chi connectivity index (χ2v) is 7.17. The molecule has 0 aliphatic carbocycles. The molecule has 1 nitrogen and oxygen atoms in total. The molecule has 4 heteroatoms. The molecule has 0 saturated heterocycles. The molecule has 0 radical (unpaired) electrons. The highest BCUT2D eigenvalue weighted by Crippen LogP contribution is 2.31. The highest BCUT2D eigenvalue weighted by Gasteiger charge is 2.17. The van der Waals surface area contributed by atoms with E-state index in [2.05, 4.69) is 87.2 Å². The van der Waals surface area contributed by atoms with E-state index >= 15 is 0 Å². The van der Waals surface area contributed by atoms with Crippen molar-refractivity contribution in [1.29, 1.82) is 0 Å². The molecule has 20 heavy (non-hydrogen) atoms. The van der Waals surface area contributed by atoms with Gasteiger partial charge in [-0.05, 0) is 77.0 Å². The molecule has 0 amide bonds. The van der Waals surface area contributed by atoms with Crippen molar-refractivity contribution in [3.63, 3.8) is 0 Å². The fraction of sp³-hybridized carbons (Fsp3) is 0.250. The molecule has 0 fully saturated rings. The lowest BCUT2D eigenvalue weighted by molar-refractivity contribution is 0.628. The van der Waals surface area contributed by atoms with Gasteiger partial charge in [0.2, 0.25) is 0 Å². The summed E-state index contributed by atoms with van der Waals surface area (Å²) in [4.78, 5) is 0. The third-order valence-corrected chi connectivity index (χ3v) is 5.01. The topological polar surface area (TPSA) is 12.0 Å². The van der Waals surface area contributed by atoms with Crippen LogP contribution in [0.1, 0.15) is 29.7 Å². The summed E-state index contributed by atoms with van der Waals surface area (Å²) < 4.78 is 2.34. The van der Waals surface area contributed by atoms with Crippen LogP contribution >= 0.6 is 50.1 Å². The number of nitrogens with one attached hydrogen (secondary N) is 1. The molecule has 0 bridgehead atoms. The maximum atomic E-state index is 6.28. The van der Waals surface area contributed by atoms with Crippen molar-refractivity contribution in [2.75, 3.05) is 6.54 Å². The summed E-state index contributed by atoms with van der Waals surface area (Å²) in [6.07, 6.45) is 0. The number of aryl methyl sites for hydroxylation is 1. The Morgan fingerprint density at radius 2 is 2.00 bits per heavy atom. The Morgan fingerprint density at radius 3 is 2.65 bits per heavy atom. The van der Waals surface area contributed by atoms with Gasteiger partial charge in [0.25, 0.3) is 0 Å². The molecular formula is C16H16BrClIN. The summed E-state index contributed by atoms with van der Waals surface area (Å²) in [5, 5.41) is 4.35. The number of hydrogen-bond donors (Lipinski definition) is 1. The van der Waals surface area contributed by atoms with Crippen LogP contribution in [-0.4, -0.2) is 6.54 Å². The fourth-order valence-corrected chi connectivity index (χ4v) is 3.32. The standard InChI is InChI=1S/C16H16BrClIN/c1-3-20-16(11-5-4-10(2)15(18)8-11)13-9-12(19)6-7-14(13)17/h4-9,16,20H,3H2,1-2H3. The Balaban J connectivity index is 2.49. The maximum absolute atomic E-state index is 6.28. The Kier molecular flexibility index (Phi) is 5.90. The van der Waals surface area contributed by atoms with Gasteiger partial charge in [-0.1, -0.05) is 46.6 Å². The van der Waals surface area contributed by atoms with Gasteiger partial charge in [0.05, 0.1) is 6.04 Å². The predicted octanol–water partition coefficient (Wildman–Crippen LogP) is 5.71. The Morgan fingerprint density at radius 1 is 1.25 bits per heavy atom. The number of halogens is 3. The third-order valence-electron chi connectivity index (χ3n) is 3.21. The zero-order valence-corrected chi connectivity index (χ0v) is 15.9. The van der Waals surface area contributed by atoms with Crippen molar-refractivity contribution in [2.24, 2.45) is 0 Å². The molecule has 2 aromatic carbocycles. The first-order chi connectivity index (χ1) is 9.52. The van der Waals surface area contributed by atoms with Crippen LogP contribution in [0.2, 0.25) is 5.02 Å². The fourth-order valence-electron chi connectivity index (χ4n) is 2.14. The third kappa shape index (κ3) is 3.75. The van der Waals surface area contributed by atoms with E-state index < -0.39 is 0 Å². The Bertz CT molecular complexity index is 615. The summed E-state index contributed by atoms with van der Waals surface area (Å²) in [5.74, 6) is 0. The highest BCUT2D eigenvalue weighted by molar-refractivity contribution is 14.1. The Labute approximate surface area is 147 Å². The van der Waals surface area contributed by atoms with Gasteiger partial charge < -0.3 is 5.32 Å². The minimum atomic E-state index is 0.141. The van der Waals surface area contributed by atoms with Crippen molar-refractivity contribution >= 4 is 50.1 Å². The normalized spacial score (nSPS) is 12.4. The van der Waals surface area contributed by atoms with E-state index in [9.17, 15) is 0 Å². The zero-order valence-electron chi connectivity index (χ0n) is 11.4. The molecule has 1 N–H and O–H groups in total. The molecule has 2 aromatic rings. The largest absolute Gasteiger partial charge is 0.306 e. The van der Waals surface area contributed by atoms with Gasteiger partial charge in [0, 0.05) is 13.1 Å². The van der Waals surface area contributed by atoms with E-state index in [1.165, 1.54) is 14.7 Å². The van der Waals surface area contributed by atoms with Crippen LogP contribution in [0.3, 0.4) is 0 Å². The molecule has 0 spiro atoms. The van der Waals surface area contributed by atoms with Crippen molar-refractivity contribution in [3.8, 4) is 0 Å². The summed E-state index contributed by atoms with van der Waals surface area (Å²) in [6.45, 7) is 5.04. The molecule has 106 valence electrons. The van der Waals surface area contributed by atoms with Gasteiger partial charge in [-0.2, -0.15) is 0 Å². The molecule has 0 saturated carbocycles. The second kappa shape index (κ2) is 7.25. The SMILES string of the molecule is CCNC(c1ccc(C)c(Cl)c1)c1cc(I)ccc1Br. The van der Waals surface area contributed by atoms with E-state index in [4.69, 9.17) is 11.6 Å². The molecular weight excluding hydrogens is 448 g/mol. The summed E-state index contributed by atoms with van der Waals surface area (Å²) >= 11 is 12.3. The van der Waals surface area contributed by atoms with Crippen molar-refractivity contribution in [3.05, 3.63) is 66.2 Å². The minimum absolute atomic E-state index is 0.141. The van der Waals surface area contributed by atoms with Crippen LogP contribution < -0.4 is 5.32 Å². The highest BCUT2D eigenvalue weighted by atomic mass is 127. The lowest BCUT2D eigenvalue weighted by Gasteiger charge is -2.21. The molecule has 0 aliphatic rings. The molecule has 1 atom stereocenters. The van der Waals surface area contributed by atoms with Crippen molar-refractivity contribution in [2.45, 2.75) is 19.9 Å². The number of hydrogen-bond acceptors (Lipinski definition) is 1. The smallest absolute Gasteiger partial charge is 0.0588 e. The van der Waals surface area contributed by atoms with Gasteiger partial charge in [-0.3, -0.25) is 0 Å². The van der Waals surface area contributed by atoms with E-state index in [1.54, 1.807) is 0 Å². The average Bonchev–Trinajstić information content (AvgIpc) is 2.42. The lowest BCUT2D eigenvalue weighted by Crippen LogP contribution is -2.22. The minimum Gasteiger partial charge on any atom is -0.306 e. The van der Waals surface area contributed by atoms with Crippen LogP contribution in [-0.2, 0) is 0 Å². The zero-order chi connectivity index (χ0) is 14.7. The first kappa shape index (κ1) is 16.3. The lowest BCUT2D eigenvalue weighted by atomic mass is 9.98. The van der Waals surface area contributed by atoms with Crippen LogP contribution in [0.15, 0.2) is 40.9 Å². The second-order valence-electron chi connectivity index (χ2n) is 4.67. The van der Waals surface area contributed by atoms with Crippen LogP contribution in [0, 0.1) is 10.5 Å². The van der Waals surface area contributed by atoms with E-state index in [1.807, 2.05) is 6.92 Å². The summed E-state index contributed by atoms with van der Waals surface area (Å²) in [7, 11) is 0. The maximum Gasteiger partial charge on any atom is 0.0588 e. The van der Waals surface area contributed by atoms with Crippen molar-refractivity contribution < 1.29 is 0 Å². The van der Waals surface area contributed by atoms with E-state index in [-0.39, 0.29) is 6.04 Å². The molecule has 0 heterocycles. The monoisotopic (exact) mass is 463 g/mol. The van der Waals surface area contributed by atoms with Gasteiger partial charge in [0.15, 0.2) is 0 Å². The van der Waals surface area contributed by atoms with Crippen molar-refractivity contribution in [1.82, 2.24) is 5.32 Å². The molecule has 1 unspecified atom stereocenters. The Hall–Kier alpha value is -0.100. The molecule has 2 rings (SSSR count). The quantitative estimate of drug-likeness (QED) is 0.571. The first-order valence-electron chi connectivity index (χ1n) is 6.47. The summed E-state index contributed by atoms with van der Waals surface area (Å²) in [6, 6.07) is 12.8. The van der Waals surface area contributed by atoms with Gasteiger partial charge in [-0.25, -0.2) is 0 Å². The molecule has 0 aromatic heterocycles. The molecule has 0 aliphatic heterocycles. The summed E-state index contributed by atoms with van der Waals surface area (Å²) in [5.41, 5.74) is 3.52. The first-order valence-corrected chi connectivity index (χ1v) is 8.72. The van der Waals surface area contributed by atoms with Gasteiger partial charge >= 0.3 is 0 Å². The van der Waals surface area contributed by atoms with Crippen LogP contribution in [0.5, 0.6) is 0 Å². The van der Waals surface area contributed by atoms with Crippen LogP contribution in [0.4, 0.5) is 0 Å². The number of rotatable bonds is 4. The predicted molar refractivity (Wildman–Crippen MR) is 98.6 cm³/mol. The average molecular weight is 465 g/mol. The number of benzene rings is 2.